The van der Waals surface area contributed by atoms with E-state index in [0.717, 1.165) is 45.1 Å². The van der Waals surface area contributed by atoms with Gasteiger partial charge in [-0.05, 0) is 32.2 Å². The highest BCUT2D eigenvalue weighted by atomic mass is 32.2. The SMILES string of the molecule is OCC1O[C@@H](SC2CCCCC(NCCCOO)C2)C(O)C(O)[C@H]1O. The minimum Gasteiger partial charge on any atom is -0.394 e. The fourth-order valence-corrected chi connectivity index (χ4v) is 4.99. The van der Waals surface area contributed by atoms with Gasteiger partial charge in [-0.15, -0.1) is 11.8 Å². The summed E-state index contributed by atoms with van der Waals surface area (Å²) >= 11 is 1.48. The zero-order valence-corrected chi connectivity index (χ0v) is 15.2. The molecule has 1 aliphatic heterocycles. The average Bonchev–Trinajstić information content (AvgIpc) is 2.84. The Morgan fingerprint density at radius 2 is 1.84 bits per heavy atom. The number of rotatable bonds is 8. The van der Waals surface area contributed by atoms with Crippen molar-refractivity contribution in [2.45, 2.75) is 79.7 Å². The van der Waals surface area contributed by atoms with E-state index in [1.165, 1.54) is 11.8 Å². The molecule has 5 unspecified atom stereocenters. The quantitative estimate of drug-likeness (QED) is 0.145. The summed E-state index contributed by atoms with van der Waals surface area (Å²) in [5, 5.41) is 51.4. The van der Waals surface area contributed by atoms with Gasteiger partial charge in [-0.2, -0.15) is 0 Å². The molecule has 0 aromatic heterocycles. The topological polar surface area (TPSA) is 132 Å². The summed E-state index contributed by atoms with van der Waals surface area (Å²) in [6.45, 7) is 0.676. The Morgan fingerprint density at radius 3 is 2.56 bits per heavy atom. The van der Waals surface area contributed by atoms with Crippen LogP contribution in [0.4, 0.5) is 0 Å². The number of thioether (sulfide) groups is 1. The lowest BCUT2D eigenvalue weighted by Crippen LogP contribution is -2.57. The maximum Gasteiger partial charge on any atom is 0.132 e. The summed E-state index contributed by atoms with van der Waals surface area (Å²) in [5.41, 5.74) is -0.665. The van der Waals surface area contributed by atoms with Crippen molar-refractivity contribution in [3.63, 3.8) is 0 Å². The lowest BCUT2D eigenvalue weighted by Gasteiger charge is -2.40. The molecule has 2 fully saturated rings. The van der Waals surface area contributed by atoms with Crippen molar-refractivity contribution < 1.29 is 35.3 Å². The molecule has 0 amide bonds. The highest BCUT2D eigenvalue weighted by Crippen LogP contribution is 2.36. The highest BCUT2D eigenvalue weighted by Gasteiger charge is 2.44. The first-order valence-electron chi connectivity index (χ1n) is 9.02. The molecule has 1 saturated carbocycles. The van der Waals surface area contributed by atoms with Crippen molar-refractivity contribution in [1.82, 2.24) is 5.32 Å². The van der Waals surface area contributed by atoms with Gasteiger partial charge in [0.15, 0.2) is 0 Å². The van der Waals surface area contributed by atoms with Gasteiger partial charge < -0.3 is 30.5 Å². The smallest absolute Gasteiger partial charge is 0.132 e. The first-order chi connectivity index (χ1) is 12.1. The third-order valence-corrected chi connectivity index (χ3v) is 6.37. The highest BCUT2D eigenvalue weighted by molar-refractivity contribution is 8.00. The van der Waals surface area contributed by atoms with E-state index in [0.29, 0.717) is 12.6 Å². The van der Waals surface area contributed by atoms with Crippen LogP contribution in [-0.2, 0) is 9.62 Å². The predicted molar refractivity (Wildman–Crippen MR) is 93.2 cm³/mol. The summed E-state index contributed by atoms with van der Waals surface area (Å²) in [6.07, 6.45) is 1.27. The van der Waals surface area contributed by atoms with Crippen molar-refractivity contribution in [2.75, 3.05) is 19.8 Å². The van der Waals surface area contributed by atoms with Crippen molar-refractivity contribution in [3.8, 4) is 0 Å². The van der Waals surface area contributed by atoms with Crippen LogP contribution in [0.5, 0.6) is 0 Å². The number of hydrogen-bond acceptors (Lipinski definition) is 9. The first kappa shape index (κ1) is 21.3. The Labute approximate surface area is 152 Å². The van der Waals surface area contributed by atoms with Gasteiger partial charge in [0.25, 0.3) is 0 Å². The van der Waals surface area contributed by atoms with Crippen LogP contribution >= 0.6 is 11.8 Å². The van der Waals surface area contributed by atoms with E-state index < -0.39 is 36.5 Å². The summed E-state index contributed by atoms with van der Waals surface area (Å²) in [4.78, 5) is 4.08. The maximum absolute atomic E-state index is 10.2. The Morgan fingerprint density at radius 1 is 1.08 bits per heavy atom. The van der Waals surface area contributed by atoms with Crippen LogP contribution < -0.4 is 5.32 Å². The lowest BCUT2D eigenvalue weighted by atomic mass is 10.0. The molecule has 1 heterocycles. The third kappa shape index (κ3) is 6.30. The second-order valence-corrected chi connectivity index (χ2v) is 8.22. The molecular formula is C16H31NO7S. The van der Waals surface area contributed by atoms with Crippen molar-refractivity contribution in [2.24, 2.45) is 0 Å². The minimum atomic E-state index is -1.32. The molecule has 8 nitrogen and oxygen atoms in total. The third-order valence-electron chi connectivity index (χ3n) is 4.90. The van der Waals surface area contributed by atoms with Crippen LogP contribution in [0.15, 0.2) is 0 Å². The summed E-state index contributed by atoms with van der Waals surface area (Å²) in [5.74, 6) is 0. The molecule has 2 aliphatic rings. The minimum absolute atomic E-state index is 0.260. The number of ether oxygens (including phenoxy) is 1. The van der Waals surface area contributed by atoms with Gasteiger partial charge in [0.2, 0.25) is 0 Å². The standard InChI is InChI=1S/C16H31NO7S/c18-9-12-13(19)14(20)15(21)16(24-12)25-11-5-2-1-4-10(8-11)17-6-3-7-23-22/h10-22H,1-9H2/t10?,11?,12?,13-,14?,15?,16-/m0/s1. The van der Waals surface area contributed by atoms with Gasteiger partial charge in [0.05, 0.1) is 13.2 Å². The molecule has 1 saturated heterocycles. The molecule has 6 N–H and O–H groups in total. The van der Waals surface area contributed by atoms with Crippen LogP contribution in [-0.4, -0.2) is 86.6 Å². The summed E-state index contributed by atoms with van der Waals surface area (Å²) in [6, 6.07) is 0.351. The Balaban J connectivity index is 1.86. The van der Waals surface area contributed by atoms with Crippen molar-refractivity contribution in [3.05, 3.63) is 0 Å². The number of nitrogens with one attached hydrogen (secondary N) is 1. The van der Waals surface area contributed by atoms with Crippen LogP contribution in [0.25, 0.3) is 0 Å². The van der Waals surface area contributed by atoms with E-state index in [2.05, 4.69) is 10.2 Å². The fraction of sp³-hybridized carbons (Fsp3) is 1.00. The normalized spacial score (nSPS) is 40.0. The second kappa shape index (κ2) is 11.0. The second-order valence-electron chi connectivity index (χ2n) is 6.81. The van der Waals surface area contributed by atoms with Gasteiger partial charge in [-0.3, -0.25) is 5.26 Å². The average molecular weight is 381 g/mol. The maximum atomic E-state index is 10.2. The molecule has 2 rings (SSSR count). The van der Waals surface area contributed by atoms with Gasteiger partial charge in [0.1, 0.15) is 29.9 Å². The van der Waals surface area contributed by atoms with Crippen LogP contribution in [0.2, 0.25) is 0 Å². The molecule has 148 valence electrons. The molecular weight excluding hydrogens is 350 g/mol. The molecule has 25 heavy (non-hydrogen) atoms. The first-order valence-corrected chi connectivity index (χ1v) is 9.96. The predicted octanol–water partition coefficient (Wildman–Crippen LogP) is -0.310. The Kier molecular flexibility index (Phi) is 9.39. The van der Waals surface area contributed by atoms with Gasteiger partial charge in [-0.1, -0.05) is 12.8 Å². The van der Waals surface area contributed by atoms with E-state index in [4.69, 9.17) is 9.99 Å². The van der Waals surface area contributed by atoms with Gasteiger partial charge in [-0.25, -0.2) is 4.89 Å². The van der Waals surface area contributed by atoms with Gasteiger partial charge >= 0.3 is 0 Å². The molecule has 0 aromatic carbocycles. The summed E-state index contributed by atoms with van der Waals surface area (Å²) in [7, 11) is 0. The largest absolute Gasteiger partial charge is 0.394 e. The molecule has 7 atom stereocenters. The molecule has 0 bridgehead atoms. The molecule has 1 aliphatic carbocycles. The molecule has 0 spiro atoms. The molecule has 9 heteroatoms. The monoisotopic (exact) mass is 381 g/mol. The van der Waals surface area contributed by atoms with Crippen LogP contribution in [0.3, 0.4) is 0 Å². The van der Waals surface area contributed by atoms with E-state index in [9.17, 15) is 20.4 Å². The van der Waals surface area contributed by atoms with E-state index in [1.807, 2.05) is 0 Å². The number of aliphatic hydroxyl groups is 4. The van der Waals surface area contributed by atoms with Gasteiger partial charge in [0, 0.05) is 11.3 Å². The van der Waals surface area contributed by atoms with E-state index >= 15 is 0 Å². The van der Waals surface area contributed by atoms with E-state index in [-0.39, 0.29) is 5.25 Å². The zero-order chi connectivity index (χ0) is 18.2. The summed E-state index contributed by atoms with van der Waals surface area (Å²) < 4.78 is 5.61. The molecule has 0 radical (unpaired) electrons. The Hall–Kier alpha value is 0.0300. The van der Waals surface area contributed by atoms with Crippen molar-refractivity contribution in [1.29, 1.82) is 0 Å². The fourth-order valence-electron chi connectivity index (χ4n) is 3.44. The van der Waals surface area contributed by atoms with Crippen LogP contribution in [0, 0.1) is 0 Å². The Bertz CT molecular complexity index is 376. The number of aliphatic hydroxyl groups excluding tert-OH is 4. The zero-order valence-electron chi connectivity index (χ0n) is 14.4. The molecule has 0 aromatic rings. The number of hydrogen-bond donors (Lipinski definition) is 6. The van der Waals surface area contributed by atoms with Crippen LogP contribution in [0.1, 0.15) is 38.5 Å². The van der Waals surface area contributed by atoms with Crippen molar-refractivity contribution >= 4 is 11.8 Å². The lowest BCUT2D eigenvalue weighted by molar-refractivity contribution is -0.242. The van der Waals surface area contributed by atoms with E-state index in [1.54, 1.807) is 0 Å².